The van der Waals surface area contributed by atoms with Gasteiger partial charge in [0.05, 0.1) is 5.92 Å². The fraction of sp³-hybridized carbons (Fsp3) is 0.250. The number of carbonyl (C=O) groups is 1. The van der Waals surface area contributed by atoms with E-state index in [0.717, 1.165) is 25.0 Å². The van der Waals surface area contributed by atoms with Crippen molar-refractivity contribution in [3.8, 4) is 11.4 Å². The van der Waals surface area contributed by atoms with Crippen molar-refractivity contribution in [2.45, 2.75) is 18.8 Å². The Morgan fingerprint density at radius 1 is 1.10 bits per heavy atom. The molecule has 4 rings (SSSR count). The topological polar surface area (TPSA) is 71.3 Å². The number of carbonyl (C=O) groups excluding carboxylic acids is 1. The first kappa shape index (κ1) is 19.0. The van der Waals surface area contributed by atoms with Crippen molar-refractivity contribution in [2.75, 3.05) is 18.4 Å². The summed E-state index contributed by atoms with van der Waals surface area (Å²) in [4.78, 5) is 18.4. The minimum Gasteiger partial charge on any atom is -0.339 e. The molecule has 9 heteroatoms. The molecule has 0 unspecified atom stereocenters. The molecule has 0 spiro atoms. The lowest BCUT2D eigenvalue weighted by Crippen LogP contribution is -2.41. The van der Waals surface area contributed by atoms with Crippen molar-refractivity contribution in [1.29, 1.82) is 0 Å². The second kappa shape index (κ2) is 7.94. The van der Waals surface area contributed by atoms with Crippen LogP contribution < -0.4 is 5.32 Å². The van der Waals surface area contributed by atoms with Crippen LogP contribution in [0.5, 0.6) is 0 Å². The standard InChI is InChI=1S/C20H17F3N4O2/c21-14-5-3-12(4-6-14)18-25-19(29-26-18)13-2-1-9-27(11-13)20(28)24-15-7-8-16(22)17(23)10-15/h3-8,10,13H,1-2,9,11H2,(H,24,28)/t13-/m0/s1. The van der Waals surface area contributed by atoms with Crippen LogP contribution in [0.3, 0.4) is 0 Å². The summed E-state index contributed by atoms with van der Waals surface area (Å²) in [5.74, 6) is -1.76. The third-order valence-electron chi connectivity index (χ3n) is 4.77. The fourth-order valence-corrected chi connectivity index (χ4v) is 3.26. The molecule has 2 aromatic carbocycles. The van der Waals surface area contributed by atoms with Crippen molar-refractivity contribution in [1.82, 2.24) is 15.0 Å². The maximum Gasteiger partial charge on any atom is 0.321 e. The van der Waals surface area contributed by atoms with Crippen LogP contribution in [0.25, 0.3) is 11.4 Å². The van der Waals surface area contributed by atoms with Crippen LogP contribution >= 0.6 is 0 Å². The molecule has 29 heavy (non-hydrogen) atoms. The molecular formula is C20H17F3N4O2. The van der Waals surface area contributed by atoms with Gasteiger partial charge in [-0.1, -0.05) is 5.16 Å². The van der Waals surface area contributed by atoms with E-state index in [0.29, 0.717) is 30.4 Å². The lowest BCUT2D eigenvalue weighted by molar-refractivity contribution is 0.184. The molecule has 1 saturated heterocycles. The third-order valence-corrected chi connectivity index (χ3v) is 4.77. The molecule has 3 aromatic rings. The summed E-state index contributed by atoms with van der Waals surface area (Å²) in [6, 6.07) is 8.52. The number of halogens is 3. The highest BCUT2D eigenvalue weighted by molar-refractivity contribution is 5.89. The zero-order valence-corrected chi connectivity index (χ0v) is 15.2. The Morgan fingerprint density at radius 2 is 1.90 bits per heavy atom. The molecule has 0 bridgehead atoms. The van der Waals surface area contributed by atoms with Crippen LogP contribution in [-0.4, -0.2) is 34.2 Å². The number of benzene rings is 2. The Balaban J connectivity index is 1.43. The predicted octanol–water partition coefficient (Wildman–Crippen LogP) is 4.57. The molecule has 2 heterocycles. The van der Waals surface area contributed by atoms with Gasteiger partial charge in [-0.3, -0.25) is 0 Å². The van der Waals surface area contributed by atoms with Crippen LogP contribution in [0.4, 0.5) is 23.7 Å². The number of amides is 2. The van der Waals surface area contributed by atoms with Crippen LogP contribution in [0.15, 0.2) is 47.0 Å². The number of anilines is 1. The minimum atomic E-state index is -1.03. The second-order valence-electron chi connectivity index (χ2n) is 6.81. The fourth-order valence-electron chi connectivity index (χ4n) is 3.26. The molecule has 1 aliphatic rings. The van der Waals surface area contributed by atoms with Gasteiger partial charge in [0.1, 0.15) is 5.82 Å². The SMILES string of the molecule is O=C(Nc1ccc(F)c(F)c1)N1CCC[C@H](c2nc(-c3ccc(F)cc3)no2)C1. The second-order valence-corrected chi connectivity index (χ2v) is 6.81. The van der Waals surface area contributed by atoms with E-state index in [1.807, 2.05) is 0 Å². The zero-order chi connectivity index (χ0) is 20.4. The van der Waals surface area contributed by atoms with Gasteiger partial charge in [0.2, 0.25) is 11.7 Å². The Labute approximate surface area is 164 Å². The molecule has 150 valence electrons. The Bertz CT molecular complexity index is 1020. The van der Waals surface area contributed by atoms with Gasteiger partial charge < -0.3 is 14.7 Å². The van der Waals surface area contributed by atoms with Gasteiger partial charge in [0.15, 0.2) is 11.6 Å². The number of rotatable bonds is 3. The summed E-state index contributed by atoms with van der Waals surface area (Å²) in [6.07, 6.45) is 1.49. The highest BCUT2D eigenvalue weighted by atomic mass is 19.2. The van der Waals surface area contributed by atoms with Crippen LogP contribution in [0, 0.1) is 17.5 Å². The van der Waals surface area contributed by atoms with Crippen molar-refractivity contribution < 1.29 is 22.5 Å². The number of nitrogens with one attached hydrogen (secondary N) is 1. The number of nitrogens with zero attached hydrogens (tertiary/aromatic N) is 3. The highest BCUT2D eigenvalue weighted by Crippen LogP contribution is 2.28. The summed E-state index contributed by atoms with van der Waals surface area (Å²) in [5, 5.41) is 6.51. The molecule has 2 amide bonds. The molecule has 0 aliphatic carbocycles. The molecule has 0 radical (unpaired) electrons. The predicted molar refractivity (Wildman–Crippen MR) is 98.6 cm³/mol. The largest absolute Gasteiger partial charge is 0.339 e. The van der Waals surface area contributed by atoms with E-state index in [1.165, 1.54) is 18.2 Å². The highest BCUT2D eigenvalue weighted by Gasteiger charge is 2.29. The number of urea groups is 1. The van der Waals surface area contributed by atoms with Crippen LogP contribution in [-0.2, 0) is 0 Å². The van der Waals surface area contributed by atoms with Gasteiger partial charge in [0, 0.05) is 30.4 Å². The van der Waals surface area contributed by atoms with Gasteiger partial charge in [-0.2, -0.15) is 4.98 Å². The van der Waals surface area contributed by atoms with Crippen molar-refractivity contribution in [3.63, 3.8) is 0 Å². The quantitative estimate of drug-likeness (QED) is 0.697. The van der Waals surface area contributed by atoms with E-state index in [2.05, 4.69) is 15.5 Å². The monoisotopic (exact) mass is 402 g/mol. The molecule has 1 aromatic heterocycles. The van der Waals surface area contributed by atoms with E-state index < -0.39 is 17.7 Å². The smallest absolute Gasteiger partial charge is 0.321 e. The van der Waals surface area contributed by atoms with E-state index in [1.54, 1.807) is 17.0 Å². The zero-order valence-electron chi connectivity index (χ0n) is 15.2. The summed E-state index contributed by atoms with van der Waals surface area (Å²) in [6.45, 7) is 0.867. The minimum absolute atomic E-state index is 0.152. The first-order valence-electron chi connectivity index (χ1n) is 9.10. The summed E-state index contributed by atoms with van der Waals surface area (Å²) in [7, 11) is 0. The number of likely N-dealkylation sites (tertiary alicyclic amines) is 1. The van der Waals surface area contributed by atoms with Gasteiger partial charge >= 0.3 is 6.03 Å². The van der Waals surface area contributed by atoms with Crippen LogP contribution in [0.2, 0.25) is 0 Å². The van der Waals surface area contributed by atoms with E-state index in [-0.39, 0.29) is 17.4 Å². The maximum absolute atomic E-state index is 13.3. The lowest BCUT2D eigenvalue weighted by atomic mass is 9.98. The van der Waals surface area contributed by atoms with Gasteiger partial charge in [-0.25, -0.2) is 18.0 Å². The number of aromatic nitrogens is 2. The molecule has 1 N–H and O–H groups in total. The van der Waals surface area contributed by atoms with Crippen molar-refractivity contribution in [3.05, 3.63) is 65.8 Å². The first-order valence-corrected chi connectivity index (χ1v) is 9.10. The normalized spacial score (nSPS) is 16.7. The molecular weight excluding hydrogens is 385 g/mol. The molecule has 0 saturated carbocycles. The van der Waals surface area contributed by atoms with Crippen molar-refractivity contribution >= 4 is 11.7 Å². The van der Waals surface area contributed by atoms with Gasteiger partial charge in [0.25, 0.3) is 0 Å². The molecule has 6 nitrogen and oxygen atoms in total. The van der Waals surface area contributed by atoms with E-state index >= 15 is 0 Å². The third kappa shape index (κ3) is 4.23. The Kier molecular flexibility index (Phi) is 5.20. The maximum atomic E-state index is 13.3. The summed E-state index contributed by atoms with van der Waals surface area (Å²) in [5.41, 5.74) is 0.803. The van der Waals surface area contributed by atoms with Gasteiger partial charge in [-0.05, 0) is 49.2 Å². The Hall–Kier alpha value is -3.36. The number of piperidine rings is 1. The number of hydrogen-bond acceptors (Lipinski definition) is 4. The van der Waals surface area contributed by atoms with E-state index in [4.69, 9.17) is 4.52 Å². The Morgan fingerprint density at radius 3 is 2.66 bits per heavy atom. The van der Waals surface area contributed by atoms with Gasteiger partial charge in [-0.15, -0.1) is 0 Å². The van der Waals surface area contributed by atoms with E-state index in [9.17, 15) is 18.0 Å². The summed E-state index contributed by atoms with van der Waals surface area (Å²) >= 11 is 0. The average molecular weight is 402 g/mol. The average Bonchev–Trinajstić information content (AvgIpc) is 3.22. The molecule has 1 aliphatic heterocycles. The van der Waals surface area contributed by atoms with Crippen molar-refractivity contribution in [2.24, 2.45) is 0 Å². The molecule has 1 atom stereocenters. The molecule has 1 fully saturated rings. The number of hydrogen-bond donors (Lipinski definition) is 1. The first-order chi connectivity index (χ1) is 14.0. The summed E-state index contributed by atoms with van der Waals surface area (Å²) < 4.78 is 44.8. The van der Waals surface area contributed by atoms with Crippen LogP contribution in [0.1, 0.15) is 24.7 Å². The lowest BCUT2D eigenvalue weighted by Gasteiger charge is -2.31.